The maximum Gasteiger partial charge on any atom is 0.276 e. The number of benzene rings is 3. The van der Waals surface area contributed by atoms with Gasteiger partial charge in [-0.2, -0.15) is 0 Å². The van der Waals surface area contributed by atoms with Gasteiger partial charge in [0.2, 0.25) is 0 Å². The Labute approximate surface area is 246 Å². The van der Waals surface area contributed by atoms with Crippen molar-refractivity contribution < 1.29 is 19.1 Å². The molecule has 0 unspecified atom stereocenters. The third-order valence-corrected chi connectivity index (χ3v) is 7.37. The molecule has 0 fully saturated rings. The number of thiocarbonyl (C=S) groups is 1. The molecule has 11 heteroatoms. The van der Waals surface area contributed by atoms with Gasteiger partial charge < -0.3 is 9.47 Å². The molecule has 0 spiro atoms. The molecular formula is C26H26Br3N3O4S. The van der Waals surface area contributed by atoms with E-state index in [-0.39, 0.29) is 11.7 Å². The van der Waals surface area contributed by atoms with Crippen LogP contribution in [0.3, 0.4) is 0 Å². The number of hydrogen-bond donors (Lipinski definition) is 3. The van der Waals surface area contributed by atoms with Crippen LogP contribution in [0, 0.1) is 0 Å². The number of amides is 2. The topological polar surface area (TPSA) is 88.7 Å². The van der Waals surface area contributed by atoms with Gasteiger partial charge in [0.05, 0.1) is 15.6 Å². The van der Waals surface area contributed by atoms with Gasteiger partial charge in [-0.25, -0.2) is 0 Å². The van der Waals surface area contributed by atoms with E-state index in [4.69, 9.17) is 21.7 Å². The van der Waals surface area contributed by atoms with Crippen LogP contribution < -0.4 is 25.6 Å². The summed E-state index contributed by atoms with van der Waals surface area (Å²) in [5.41, 5.74) is 5.30. The van der Waals surface area contributed by atoms with Gasteiger partial charge in [0.25, 0.3) is 11.8 Å². The number of ether oxygens (including phenoxy) is 2. The average Bonchev–Trinajstić information content (AvgIpc) is 2.87. The molecule has 0 bridgehead atoms. The van der Waals surface area contributed by atoms with E-state index in [1.165, 1.54) is 12.8 Å². The molecule has 0 heterocycles. The summed E-state index contributed by atoms with van der Waals surface area (Å²) in [6, 6.07) is 14.6. The Kier molecular flexibility index (Phi) is 11.6. The average molecular weight is 716 g/mol. The molecule has 0 aliphatic carbocycles. The maximum atomic E-state index is 12.5. The van der Waals surface area contributed by atoms with Crippen molar-refractivity contribution in [3.63, 3.8) is 0 Å². The molecule has 37 heavy (non-hydrogen) atoms. The summed E-state index contributed by atoms with van der Waals surface area (Å²) in [5, 5.41) is 4.46. The van der Waals surface area contributed by atoms with E-state index < -0.39 is 11.8 Å². The van der Waals surface area contributed by atoms with Crippen molar-refractivity contribution in [1.29, 1.82) is 0 Å². The van der Waals surface area contributed by atoms with E-state index in [0.717, 1.165) is 32.6 Å². The highest BCUT2D eigenvalue weighted by Crippen LogP contribution is 2.34. The molecule has 196 valence electrons. The second kappa shape index (κ2) is 14.7. The summed E-state index contributed by atoms with van der Waals surface area (Å²) in [5.74, 6) is 0.305. The van der Waals surface area contributed by atoms with Crippen LogP contribution in [-0.2, 0) is 4.79 Å². The molecule has 2 amide bonds. The fraction of sp³-hybridized carbons (Fsp3) is 0.269. The second-order valence-electron chi connectivity index (χ2n) is 8.04. The molecule has 0 radical (unpaired) electrons. The lowest BCUT2D eigenvalue weighted by atomic mass is 10.1. The standard InChI is InChI=1S/C26H26Br3N3O4S/c1-2-3-4-5-12-35-21-10-7-17(14-20(21)28)25(34)30-26(37)32-31-23(33)15-36-22-11-6-16-13-18(27)8-9-19(16)24(22)29/h6-11,13-14H,2-5,12,15H2,1H3,(H,31,33)(H2,30,32,34,37). The van der Waals surface area contributed by atoms with Gasteiger partial charge in [0.15, 0.2) is 11.7 Å². The van der Waals surface area contributed by atoms with Crippen molar-refractivity contribution in [2.75, 3.05) is 13.2 Å². The Balaban J connectivity index is 1.43. The van der Waals surface area contributed by atoms with Crippen LogP contribution in [0.4, 0.5) is 0 Å². The first-order chi connectivity index (χ1) is 17.8. The van der Waals surface area contributed by atoms with Crippen LogP contribution in [-0.4, -0.2) is 30.1 Å². The number of hydrazine groups is 1. The fourth-order valence-electron chi connectivity index (χ4n) is 3.34. The van der Waals surface area contributed by atoms with E-state index in [2.05, 4.69) is 70.9 Å². The first kappa shape index (κ1) is 29.3. The second-order valence-corrected chi connectivity index (χ2v) is 11.0. The monoisotopic (exact) mass is 713 g/mol. The quantitative estimate of drug-likeness (QED) is 0.122. The third kappa shape index (κ3) is 8.94. The maximum absolute atomic E-state index is 12.5. The van der Waals surface area contributed by atoms with Crippen LogP contribution in [0.15, 0.2) is 61.9 Å². The number of rotatable bonds is 10. The van der Waals surface area contributed by atoms with Gasteiger partial charge in [-0.05, 0) is 97.7 Å². The van der Waals surface area contributed by atoms with E-state index in [9.17, 15) is 9.59 Å². The lowest BCUT2D eigenvalue weighted by Gasteiger charge is -2.13. The Morgan fingerprint density at radius 3 is 2.43 bits per heavy atom. The molecule has 3 N–H and O–H groups in total. The van der Waals surface area contributed by atoms with Crippen molar-refractivity contribution >= 4 is 87.7 Å². The number of unbranched alkanes of at least 4 members (excludes halogenated alkanes) is 3. The smallest absolute Gasteiger partial charge is 0.276 e. The Morgan fingerprint density at radius 1 is 0.892 bits per heavy atom. The molecule has 0 saturated heterocycles. The first-order valence-electron chi connectivity index (χ1n) is 11.6. The number of hydrogen-bond acceptors (Lipinski definition) is 5. The highest BCUT2D eigenvalue weighted by atomic mass is 79.9. The minimum absolute atomic E-state index is 0.0526. The van der Waals surface area contributed by atoms with Gasteiger partial charge >= 0.3 is 0 Å². The first-order valence-corrected chi connectivity index (χ1v) is 14.4. The summed E-state index contributed by atoms with van der Waals surface area (Å²) in [6.07, 6.45) is 4.47. The summed E-state index contributed by atoms with van der Waals surface area (Å²) < 4.78 is 13.8. The highest BCUT2D eigenvalue weighted by Gasteiger charge is 2.13. The van der Waals surface area contributed by atoms with Crippen molar-refractivity contribution in [1.82, 2.24) is 16.2 Å². The summed E-state index contributed by atoms with van der Waals surface area (Å²) >= 11 is 15.5. The van der Waals surface area contributed by atoms with Crippen LogP contribution >= 0.6 is 60.0 Å². The van der Waals surface area contributed by atoms with Crippen molar-refractivity contribution in [2.24, 2.45) is 0 Å². The molecule has 0 atom stereocenters. The number of fused-ring (bicyclic) bond motifs is 1. The zero-order valence-electron chi connectivity index (χ0n) is 20.0. The third-order valence-electron chi connectivity index (χ3n) is 5.23. The minimum atomic E-state index is -0.470. The van der Waals surface area contributed by atoms with Crippen LogP contribution in [0.2, 0.25) is 0 Å². The Morgan fingerprint density at radius 2 is 1.68 bits per heavy atom. The van der Waals surface area contributed by atoms with Crippen molar-refractivity contribution in [2.45, 2.75) is 32.6 Å². The SMILES string of the molecule is CCCCCCOc1ccc(C(=O)NC(=S)NNC(=O)COc2ccc3cc(Br)ccc3c2Br)cc1Br. The molecule has 0 aliphatic rings. The molecule has 0 aliphatic heterocycles. The number of nitrogens with one attached hydrogen (secondary N) is 3. The largest absolute Gasteiger partial charge is 0.492 e. The molecule has 3 aromatic rings. The van der Waals surface area contributed by atoms with Crippen LogP contribution in [0.25, 0.3) is 10.8 Å². The minimum Gasteiger partial charge on any atom is -0.492 e. The van der Waals surface area contributed by atoms with E-state index >= 15 is 0 Å². The molecular weight excluding hydrogens is 690 g/mol. The lowest BCUT2D eigenvalue weighted by molar-refractivity contribution is -0.123. The van der Waals surface area contributed by atoms with Crippen LogP contribution in [0.5, 0.6) is 11.5 Å². The van der Waals surface area contributed by atoms with Gasteiger partial charge in [0.1, 0.15) is 11.5 Å². The zero-order valence-corrected chi connectivity index (χ0v) is 25.6. The highest BCUT2D eigenvalue weighted by molar-refractivity contribution is 9.11. The van der Waals surface area contributed by atoms with E-state index in [0.29, 0.717) is 28.1 Å². The van der Waals surface area contributed by atoms with E-state index in [1.54, 1.807) is 24.3 Å². The molecule has 7 nitrogen and oxygen atoms in total. The van der Waals surface area contributed by atoms with Crippen LogP contribution in [0.1, 0.15) is 43.0 Å². The predicted molar refractivity (Wildman–Crippen MR) is 160 cm³/mol. The summed E-state index contributed by atoms with van der Waals surface area (Å²) in [4.78, 5) is 24.7. The number of carbonyl (C=O) groups excluding carboxylic acids is 2. The Hall–Kier alpha value is -2.21. The molecule has 3 rings (SSSR count). The Bertz CT molecular complexity index is 1290. The van der Waals surface area contributed by atoms with Gasteiger partial charge in [-0.1, -0.05) is 54.2 Å². The predicted octanol–water partition coefficient (Wildman–Crippen LogP) is 6.80. The molecule has 3 aromatic carbocycles. The molecule has 0 aromatic heterocycles. The summed E-state index contributed by atoms with van der Waals surface area (Å²) in [7, 11) is 0. The van der Waals surface area contributed by atoms with Crippen molar-refractivity contribution in [3.05, 3.63) is 67.5 Å². The lowest BCUT2D eigenvalue weighted by Crippen LogP contribution is -2.49. The van der Waals surface area contributed by atoms with Gasteiger partial charge in [-0.3, -0.25) is 25.8 Å². The fourth-order valence-corrected chi connectivity index (χ4v) is 4.96. The number of halogens is 3. The molecule has 0 saturated carbocycles. The van der Waals surface area contributed by atoms with Crippen molar-refractivity contribution in [3.8, 4) is 11.5 Å². The van der Waals surface area contributed by atoms with E-state index in [1.807, 2.05) is 24.3 Å². The summed E-state index contributed by atoms with van der Waals surface area (Å²) in [6.45, 7) is 2.53. The normalized spacial score (nSPS) is 10.6. The zero-order chi connectivity index (χ0) is 26.8. The number of carbonyl (C=O) groups is 2. The van der Waals surface area contributed by atoms with Gasteiger partial charge in [0, 0.05) is 10.0 Å². The van der Waals surface area contributed by atoms with Gasteiger partial charge in [-0.15, -0.1) is 0 Å².